The topological polar surface area (TPSA) is 103 Å². The first kappa shape index (κ1) is 13.9. The van der Waals surface area contributed by atoms with Crippen molar-refractivity contribution in [2.75, 3.05) is 0 Å². The van der Waals surface area contributed by atoms with Gasteiger partial charge in [-0.2, -0.15) is 5.26 Å². The Morgan fingerprint density at radius 1 is 1.53 bits per heavy atom. The lowest BCUT2D eigenvalue weighted by Gasteiger charge is -2.49. The van der Waals surface area contributed by atoms with E-state index in [4.69, 9.17) is 5.26 Å². The van der Waals surface area contributed by atoms with Crippen LogP contribution in [0.2, 0.25) is 0 Å². The molecule has 0 amide bonds. The molecule has 1 heterocycles. The number of sulfonamides is 1. The average molecular weight is 281 g/mol. The van der Waals surface area contributed by atoms with Crippen molar-refractivity contribution in [1.82, 2.24) is 9.71 Å². The number of hydrogen-bond acceptors (Lipinski definition) is 5. The normalized spacial score (nSPS) is 25.4. The number of aromatic nitrogens is 1. The first-order valence-corrected chi connectivity index (χ1v) is 7.32. The Bertz CT molecular complexity index is 617. The summed E-state index contributed by atoms with van der Waals surface area (Å²) in [6.45, 7) is 3.62. The van der Waals surface area contributed by atoms with E-state index < -0.39 is 21.5 Å². The summed E-state index contributed by atoms with van der Waals surface area (Å²) in [7, 11) is -3.67. The molecule has 2 rings (SSSR count). The van der Waals surface area contributed by atoms with Crippen molar-refractivity contribution < 1.29 is 13.5 Å². The van der Waals surface area contributed by atoms with Gasteiger partial charge in [-0.05, 0) is 18.6 Å². The molecule has 2 unspecified atom stereocenters. The Morgan fingerprint density at radius 3 is 2.63 bits per heavy atom. The number of nitriles is 1. The van der Waals surface area contributed by atoms with Gasteiger partial charge in [0.15, 0.2) is 0 Å². The van der Waals surface area contributed by atoms with Crippen LogP contribution < -0.4 is 4.72 Å². The standard InChI is InChI=1S/C12H15N3O3S/c1-12(2)10(5-11(12)16)15-19(17,18)9-4-3-8(6-13)14-7-9/h3-4,7,10-11,15-16H,5H2,1-2H3. The van der Waals surface area contributed by atoms with Crippen LogP contribution in [0, 0.1) is 16.7 Å². The highest BCUT2D eigenvalue weighted by molar-refractivity contribution is 7.89. The molecule has 6 nitrogen and oxygen atoms in total. The molecule has 19 heavy (non-hydrogen) atoms. The summed E-state index contributed by atoms with van der Waals surface area (Å²) in [6.07, 6.45) is 1.05. The largest absolute Gasteiger partial charge is 0.392 e. The predicted molar refractivity (Wildman–Crippen MR) is 67.5 cm³/mol. The molecule has 1 saturated carbocycles. The third-order valence-electron chi connectivity index (χ3n) is 3.67. The van der Waals surface area contributed by atoms with E-state index in [2.05, 4.69) is 9.71 Å². The minimum Gasteiger partial charge on any atom is -0.392 e. The van der Waals surface area contributed by atoms with Gasteiger partial charge in [-0.25, -0.2) is 18.1 Å². The van der Waals surface area contributed by atoms with E-state index >= 15 is 0 Å². The summed E-state index contributed by atoms with van der Waals surface area (Å²) in [5.41, 5.74) is -0.314. The van der Waals surface area contributed by atoms with Gasteiger partial charge in [-0.15, -0.1) is 0 Å². The predicted octanol–water partition coefficient (Wildman–Crippen LogP) is 0.391. The maximum Gasteiger partial charge on any atom is 0.242 e. The molecule has 1 aromatic rings. The van der Waals surface area contributed by atoms with Gasteiger partial charge in [0.2, 0.25) is 10.0 Å². The van der Waals surface area contributed by atoms with Crippen LogP contribution in [0.15, 0.2) is 23.2 Å². The molecule has 0 radical (unpaired) electrons. The highest BCUT2D eigenvalue weighted by atomic mass is 32.2. The summed E-state index contributed by atoms with van der Waals surface area (Å²) in [5, 5.41) is 18.2. The van der Waals surface area contributed by atoms with Crippen molar-refractivity contribution in [2.45, 2.75) is 37.3 Å². The van der Waals surface area contributed by atoms with Crippen LogP contribution in [0.4, 0.5) is 0 Å². The zero-order chi connectivity index (χ0) is 14.3. The maximum absolute atomic E-state index is 12.1. The summed E-state index contributed by atoms with van der Waals surface area (Å²) in [4.78, 5) is 3.75. The molecular formula is C12H15N3O3S. The van der Waals surface area contributed by atoms with Crippen molar-refractivity contribution in [2.24, 2.45) is 5.41 Å². The van der Waals surface area contributed by atoms with Gasteiger partial charge in [0.1, 0.15) is 16.7 Å². The zero-order valence-corrected chi connectivity index (χ0v) is 11.5. The summed E-state index contributed by atoms with van der Waals surface area (Å²) < 4.78 is 26.8. The van der Waals surface area contributed by atoms with Crippen LogP contribution in [-0.4, -0.2) is 30.7 Å². The molecule has 0 aliphatic heterocycles. The van der Waals surface area contributed by atoms with Gasteiger partial charge in [0, 0.05) is 17.7 Å². The Hall–Kier alpha value is -1.49. The second-order valence-corrected chi connectivity index (χ2v) is 6.95. The molecular weight excluding hydrogens is 266 g/mol. The van der Waals surface area contributed by atoms with Gasteiger partial charge in [-0.1, -0.05) is 13.8 Å². The quantitative estimate of drug-likeness (QED) is 0.834. The fraction of sp³-hybridized carbons (Fsp3) is 0.500. The highest BCUT2D eigenvalue weighted by Crippen LogP contribution is 2.41. The van der Waals surface area contributed by atoms with Crippen LogP contribution in [0.25, 0.3) is 0 Å². The average Bonchev–Trinajstić information content (AvgIpc) is 2.38. The van der Waals surface area contributed by atoms with Crippen LogP contribution in [0.3, 0.4) is 0 Å². The second-order valence-electron chi connectivity index (χ2n) is 5.24. The first-order valence-electron chi connectivity index (χ1n) is 5.84. The molecule has 2 N–H and O–H groups in total. The summed E-state index contributed by atoms with van der Waals surface area (Å²) in [5.74, 6) is 0. The monoisotopic (exact) mass is 281 g/mol. The molecule has 0 bridgehead atoms. The third-order valence-corrected chi connectivity index (χ3v) is 5.13. The number of nitrogens with zero attached hydrogens (tertiary/aromatic N) is 2. The Kier molecular flexibility index (Phi) is 3.34. The molecule has 7 heteroatoms. The molecule has 1 fully saturated rings. The van der Waals surface area contributed by atoms with Crippen LogP contribution in [0.1, 0.15) is 26.0 Å². The van der Waals surface area contributed by atoms with Crippen LogP contribution >= 0.6 is 0 Å². The number of nitrogens with one attached hydrogen (secondary N) is 1. The van der Waals surface area contributed by atoms with Crippen LogP contribution in [0.5, 0.6) is 0 Å². The van der Waals surface area contributed by atoms with Crippen molar-refractivity contribution in [3.05, 3.63) is 24.0 Å². The highest BCUT2D eigenvalue weighted by Gasteiger charge is 2.48. The van der Waals surface area contributed by atoms with Crippen LogP contribution in [-0.2, 0) is 10.0 Å². The minimum absolute atomic E-state index is 0.0173. The Balaban J connectivity index is 2.17. The molecule has 0 saturated heterocycles. The number of aliphatic hydroxyl groups excluding tert-OH is 1. The second kappa shape index (κ2) is 4.56. The molecule has 0 aromatic carbocycles. The molecule has 1 aliphatic carbocycles. The number of rotatable bonds is 3. The smallest absolute Gasteiger partial charge is 0.242 e. The van der Waals surface area contributed by atoms with Gasteiger partial charge in [-0.3, -0.25) is 0 Å². The Morgan fingerprint density at radius 2 is 2.21 bits per heavy atom. The molecule has 0 spiro atoms. The molecule has 1 aliphatic rings. The van der Waals surface area contributed by atoms with E-state index in [9.17, 15) is 13.5 Å². The van der Waals surface area contributed by atoms with Crippen molar-refractivity contribution in [1.29, 1.82) is 5.26 Å². The number of pyridine rings is 1. The minimum atomic E-state index is -3.67. The fourth-order valence-corrected chi connectivity index (χ4v) is 3.31. The van der Waals surface area contributed by atoms with Crippen molar-refractivity contribution in [3.63, 3.8) is 0 Å². The SMILES string of the molecule is CC1(C)C(O)CC1NS(=O)(=O)c1ccc(C#N)nc1. The zero-order valence-electron chi connectivity index (χ0n) is 10.7. The van der Waals surface area contributed by atoms with E-state index in [-0.39, 0.29) is 16.6 Å². The molecule has 2 atom stereocenters. The van der Waals surface area contributed by atoms with E-state index in [1.54, 1.807) is 0 Å². The summed E-state index contributed by atoms with van der Waals surface area (Å²) in [6, 6.07) is 4.23. The van der Waals surface area contributed by atoms with Gasteiger partial charge in [0.25, 0.3) is 0 Å². The van der Waals surface area contributed by atoms with E-state index in [1.165, 1.54) is 12.1 Å². The van der Waals surface area contributed by atoms with Crippen molar-refractivity contribution >= 4 is 10.0 Å². The molecule has 1 aromatic heterocycles. The lowest BCUT2D eigenvalue weighted by Crippen LogP contribution is -2.61. The van der Waals surface area contributed by atoms with E-state index in [0.29, 0.717) is 6.42 Å². The maximum atomic E-state index is 12.1. The fourth-order valence-electron chi connectivity index (χ4n) is 1.96. The lowest BCUT2D eigenvalue weighted by molar-refractivity contribution is -0.0645. The van der Waals surface area contributed by atoms with Crippen molar-refractivity contribution in [3.8, 4) is 6.07 Å². The lowest BCUT2D eigenvalue weighted by atomic mass is 9.65. The number of hydrogen-bond donors (Lipinski definition) is 2. The summed E-state index contributed by atoms with van der Waals surface area (Å²) >= 11 is 0. The van der Waals surface area contributed by atoms with E-state index in [1.807, 2.05) is 19.9 Å². The van der Waals surface area contributed by atoms with Gasteiger partial charge in [0.05, 0.1) is 6.10 Å². The number of aliphatic hydroxyl groups is 1. The third kappa shape index (κ3) is 2.47. The van der Waals surface area contributed by atoms with Gasteiger partial charge < -0.3 is 5.11 Å². The van der Waals surface area contributed by atoms with E-state index in [0.717, 1.165) is 6.20 Å². The Labute approximate surface area is 112 Å². The first-order chi connectivity index (χ1) is 8.77. The molecule has 102 valence electrons. The van der Waals surface area contributed by atoms with Gasteiger partial charge >= 0.3 is 0 Å².